The van der Waals surface area contributed by atoms with Crippen LogP contribution in [-0.2, 0) is 6.42 Å². The monoisotopic (exact) mass is 303 g/mol. The van der Waals surface area contributed by atoms with Gasteiger partial charge in [0, 0.05) is 18.1 Å². The lowest BCUT2D eigenvalue weighted by Crippen LogP contribution is -2.23. The molecule has 0 atom stereocenters. The molecular formula is C11H14BrNO2S. The van der Waals surface area contributed by atoms with Gasteiger partial charge in [0.05, 0.1) is 7.11 Å². The largest absolute Gasteiger partial charge is 0.496 e. The van der Waals surface area contributed by atoms with Crippen molar-refractivity contribution in [3.63, 3.8) is 0 Å². The molecule has 0 aliphatic rings. The number of halogens is 1. The van der Waals surface area contributed by atoms with E-state index in [1.807, 2.05) is 18.2 Å². The third kappa shape index (κ3) is 3.72. The molecule has 0 aromatic heterocycles. The summed E-state index contributed by atoms with van der Waals surface area (Å²) in [6, 6.07) is 5.83. The molecule has 0 aliphatic carbocycles. The maximum Gasteiger partial charge on any atom is 0.278 e. The fraction of sp³-hybridized carbons (Fsp3) is 0.364. The van der Waals surface area contributed by atoms with Gasteiger partial charge >= 0.3 is 0 Å². The smallest absolute Gasteiger partial charge is 0.278 e. The summed E-state index contributed by atoms with van der Waals surface area (Å²) in [4.78, 5) is 12.5. The quantitative estimate of drug-likeness (QED) is 0.867. The first-order valence-corrected chi connectivity index (χ1v) is 6.05. The summed E-state index contributed by atoms with van der Waals surface area (Å²) in [6.07, 6.45) is 0.741. The predicted molar refractivity (Wildman–Crippen MR) is 71.4 cm³/mol. The highest BCUT2D eigenvalue weighted by Gasteiger charge is 2.07. The van der Waals surface area contributed by atoms with Crippen LogP contribution in [0.1, 0.15) is 5.56 Å². The maximum absolute atomic E-state index is 10.9. The SMILES string of the molecule is COc1ccc(Br)cc1CCN(C)C(=O)S. The average molecular weight is 304 g/mol. The zero-order valence-corrected chi connectivity index (χ0v) is 11.7. The highest BCUT2D eigenvalue weighted by atomic mass is 79.9. The number of amides is 1. The van der Waals surface area contributed by atoms with Crippen LogP contribution in [0, 0.1) is 0 Å². The van der Waals surface area contributed by atoms with Gasteiger partial charge in [0.15, 0.2) is 0 Å². The number of carbonyl (C=O) groups is 1. The molecule has 0 N–H and O–H groups in total. The Bertz CT molecular complexity index is 384. The van der Waals surface area contributed by atoms with Crippen LogP contribution < -0.4 is 4.74 Å². The van der Waals surface area contributed by atoms with Gasteiger partial charge in [-0.15, -0.1) is 0 Å². The van der Waals surface area contributed by atoms with Crippen molar-refractivity contribution < 1.29 is 9.53 Å². The molecule has 0 unspecified atom stereocenters. The van der Waals surface area contributed by atoms with E-state index in [4.69, 9.17) is 4.74 Å². The fourth-order valence-electron chi connectivity index (χ4n) is 1.33. The van der Waals surface area contributed by atoms with Crippen molar-refractivity contribution in [3.8, 4) is 5.75 Å². The van der Waals surface area contributed by atoms with E-state index in [1.54, 1.807) is 19.1 Å². The lowest BCUT2D eigenvalue weighted by molar-refractivity contribution is 0.234. The average Bonchev–Trinajstić information content (AvgIpc) is 2.25. The zero-order valence-electron chi connectivity index (χ0n) is 9.24. The molecule has 0 fully saturated rings. The molecule has 0 radical (unpaired) electrons. The predicted octanol–water partition coefficient (Wildman–Crippen LogP) is 2.98. The van der Waals surface area contributed by atoms with E-state index in [2.05, 4.69) is 28.6 Å². The molecule has 0 saturated carbocycles. The molecule has 0 saturated heterocycles. The topological polar surface area (TPSA) is 29.5 Å². The minimum absolute atomic E-state index is 0.228. The Morgan fingerprint density at radius 1 is 1.56 bits per heavy atom. The summed E-state index contributed by atoms with van der Waals surface area (Å²) in [5, 5.41) is -0.228. The van der Waals surface area contributed by atoms with Gasteiger partial charge in [-0.25, -0.2) is 0 Å². The Morgan fingerprint density at radius 2 is 2.25 bits per heavy atom. The molecule has 1 aromatic rings. The Hall–Kier alpha value is -0.680. The van der Waals surface area contributed by atoms with Gasteiger partial charge in [-0.05, 0) is 30.2 Å². The second-order valence-electron chi connectivity index (χ2n) is 3.41. The first-order chi connectivity index (χ1) is 7.54. The number of benzene rings is 1. The van der Waals surface area contributed by atoms with Crippen LogP contribution >= 0.6 is 28.6 Å². The number of methoxy groups -OCH3 is 1. The van der Waals surface area contributed by atoms with Crippen LogP contribution in [0.4, 0.5) is 4.79 Å². The highest BCUT2D eigenvalue weighted by molar-refractivity contribution is 9.10. The summed E-state index contributed by atoms with van der Waals surface area (Å²) < 4.78 is 6.25. The molecule has 1 amide bonds. The van der Waals surface area contributed by atoms with E-state index in [1.165, 1.54) is 0 Å². The van der Waals surface area contributed by atoms with Gasteiger partial charge in [0.25, 0.3) is 5.24 Å². The van der Waals surface area contributed by atoms with Crippen molar-refractivity contribution in [1.29, 1.82) is 0 Å². The summed E-state index contributed by atoms with van der Waals surface area (Å²) in [5.74, 6) is 0.836. The van der Waals surface area contributed by atoms with Crippen LogP contribution in [0.5, 0.6) is 5.75 Å². The van der Waals surface area contributed by atoms with Gasteiger partial charge in [-0.3, -0.25) is 4.79 Å². The Labute approximate surface area is 109 Å². The van der Waals surface area contributed by atoms with Gasteiger partial charge < -0.3 is 9.64 Å². The van der Waals surface area contributed by atoms with Gasteiger partial charge in [0.2, 0.25) is 0 Å². The van der Waals surface area contributed by atoms with Gasteiger partial charge in [-0.1, -0.05) is 28.6 Å². The lowest BCUT2D eigenvalue weighted by atomic mass is 10.1. The molecule has 1 rings (SSSR count). The van der Waals surface area contributed by atoms with Crippen molar-refractivity contribution in [1.82, 2.24) is 4.90 Å². The van der Waals surface area contributed by atoms with E-state index >= 15 is 0 Å². The number of hydrogen-bond donors (Lipinski definition) is 1. The Morgan fingerprint density at radius 3 is 2.81 bits per heavy atom. The molecule has 3 nitrogen and oxygen atoms in total. The molecule has 16 heavy (non-hydrogen) atoms. The number of rotatable bonds is 4. The number of likely N-dealkylation sites (N-methyl/N-ethyl adjacent to an activating group) is 1. The van der Waals surface area contributed by atoms with Crippen molar-refractivity contribution in [2.24, 2.45) is 0 Å². The number of carbonyl (C=O) groups excluding carboxylic acids is 1. The van der Waals surface area contributed by atoms with E-state index in [9.17, 15) is 4.79 Å². The first kappa shape index (κ1) is 13.4. The summed E-state index contributed by atoms with van der Waals surface area (Å²) in [7, 11) is 3.36. The van der Waals surface area contributed by atoms with Crippen molar-refractivity contribution in [2.45, 2.75) is 6.42 Å². The second kappa shape index (κ2) is 6.15. The van der Waals surface area contributed by atoms with Gasteiger partial charge in [-0.2, -0.15) is 0 Å². The molecule has 0 heterocycles. The van der Waals surface area contributed by atoms with Crippen LogP contribution in [-0.4, -0.2) is 30.8 Å². The molecule has 88 valence electrons. The molecule has 0 spiro atoms. The Kier molecular flexibility index (Phi) is 5.15. The van der Waals surface area contributed by atoms with Crippen molar-refractivity contribution in [3.05, 3.63) is 28.2 Å². The van der Waals surface area contributed by atoms with Gasteiger partial charge in [0.1, 0.15) is 5.75 Å². The molecule has 5 heteroatoms. The first-order valence-electron chi connectivity index (χ1n) is 4.81. The second-order valence-corrected chi connectivity index (χ2v) is 4.71. The third-order valence-corrected chi connectivity index (χ3v) is 3.12. The van der Waals surface area contributed by atoms with E-state index in [-0.39, 0.29) is 5.24 Å². The van der Waals surface area contributed by atoms with Crippen LogP contribution in [0.3, 0.4) is 0 Å². The fourth-order valence-corrected chi connectivity index (χ4v) is 1.83. The third-order valence-electron chi connectivity index (χ3n) is 2.29. The highest BCUT2D eigenvalue weighted by Crippen LogP contribution is 2.23. The molecule has 0 bridgehead atoms. The summed E-state index contributed by atoms with van der Waals surface area (Å²) in [5.41, 5.74) is 1.07. The lowest BCUT2D eigenvalue weighted by Gasteiger charge is -2.15. The van der Waals surface area contributed by atoms with E-state index in [0.29, 0.717) is 6.54 Å². The van der Waals surface area contributed by atoms with Crippen LogP contribution in [0.15, 0.2) is 22.7 Å². The number of nitrogens with zero attached hydrogens (tertiary/aromatic N) is 1. The molecule has 1 aromatic carbocycles. The number of thiol groups is 1. The zero-order chi connectivity index (χ0) is 12.1. The molecule has 0 aliphatic heterocycles. The summed E-state index contributed by atoms with van der Waals surface area (Å²) >= 11 is 7.17. The standard InChI is InChI=1S/C11H14BrNO2S/c1-13(11(14)16)6-5-8-7-9(12)3-4-10(8)15-2/h3-4,7H,5-6H2,1-2H3,(H,14,16). The minimum atomic E-state index is -0.228. The normalized spacial score (nSPS) is 10.0. The minimum Gasteiger partial charge on any atom is -0.496 e. The number of ether oxygens (including phenoxy) is 1. The Balaban J connectivity index is 2.72. The van der Waals surface area contributed by atoms with Crippen molar-refractivity contribution >= 4 is 33.8 Å². The molecular weight excluding hydrogens is 290 g/mol. The number of hydrogen-bond acceptors (Lipinski definition) is 2. The summed E-state index contributed by atoms with van der Waals surface area (Å²) in [6.45, 7) is 0.620. The van der Waals surface area contributed by atoms with Crippen LogP contribution in [0.2, 0.25) is 0 Å². The van der Waals surface area contributed by atoms with E-state index in [0.717, 1.165) is 22.2 Å². The van der Waals surface area contributed by atoms with Crippen molar-refractivity contribution in [2.75, 3.05) is 20.7 Å². The van der Waals surface area contributed by atoms with Crippen LogP contribution in [0.25, 0.3) is 0 Å². The van der Waals surface area contributed by atoms with E-state index < -0.39 is 0 Å². The maximum atomic E-state index is 10.9.